The predicted molar refractivity (Wildman–Crippen MR) is 106 cm³/mol. The van der Waals surface area contributed by atoms with Crippen molar-refractivity contribution >= 4 is 11.9 Å². The summed E-state index contributed by atoms with van der Waals surface area (Å²) in [5, 5.41) is 2.77. The van der Waals surface area contributed by atoms with Crippen LogP contribution in [-0.2, 0) is 27.2 Å². The maximum atomic E-state index is 12.6. The van der Waals surface area contributed by atoms with Gasteiger partial charge in [-0.05, 0) is 38.3 Å². The van der Waals surface area contributed by atoms with E-state index in [1.54, 1.807) is 20.8 Å². The molecule has 0 bridgehead atoms. The predicted octanol–water partition coefficient (Wildman–Crippen LogP) is 2.63. The van der Waals surface area contributed by atoms with Gasteiger partial charge in [0.15, 0.2) is 0 Å². The molecule has 5 heteroatoms. The zero-order valence-corrected chi connectivity index (χ0v) is 16.1. The Kier molecular flexibility index (Phi) is 7.13. The van der Waals surface area contributed by atoms with Crippen molar-refractivity contribution in [3.63, 3.8) is 0 Å². The van der Waals surface area contributed by atoms with Crippen LogP contribution in [0.15, 0.2) is 60.7 Å². The molecule has 144 valence electrons. The van der Waals surface area contributed by atoms with Crippen LogP contribution in [0.2, 0.25) is 0 Å². The molecule has 0 unspecified atom stereocenters. The number of benzene rings is 2. The third-order valence-corrected chi connectivity index (χ3v) is 3.93. The van der Waals surface area contributed by atoms with Crippen LogP contribution in [0.25, 0.3) is 0 Å². The lowest BCUT2D eigenvalue weighted by Gasteiger charge is -2.25. The van der Waals surface area contributed by atoms with Crippen molar-refractivity contribution in [1.82, 2.24) is 5.32 Å². The summed E-state index contributed by atoms with van der Waals surface area (Å²) in [5.41, 5.74) is 7.32. The van der Waals surface area contributed by atoms with Crippen LogP contribution in [0.1, 0.15) is 31.9 Å². The summed E-state index contributed by atoms with van der Waals surface area (Å²) in [7, 11) is 0. The molecule has 5 nitrogen and oxygen atoms in total. The third-order valence-electron chi connectivity index (χ3n) is 3.93. The van der Waals surface area contributed by atoms with Crippen LogP contribution in [-0.4, -0.2) is 29.6 Å². The number of nitrogens with one attached hydrogen (secondary N) is 1. The lowest BCUT2D eigenvalue weighted by atomic mass is 10.0. The summed E-state index contributed by atoms with van der Waals surface area (Å²) in [4.78, 5) is 25.2. The van der Waals surface area contributed by atoms with E-state index in [0.29, 0.717) is 12.8 Å². The highest BCUT2D eigenvalue weighted by atomic mass is 16.6. The lowest BCUT2D eigenvalue weighted by molar-refractivity contribution is -0.158. The number of amides is 1. The molecule has 0 aliphatic carbocycles. The molecule has 3 N–H and O–H groups in total. The van der Waals surface area contributed by atoms with Gasteiger partial charge in [0.2, 0.25) is 5.91 Å². The largest absolute Gasteiger partial charge is 0.458 e. The Bertz CT molecular complexity index is 739. The zero-order chi connectivity index (χ0) is 19.9. The lowest BCUT2D eigenvalue weighted by Crippen LogP contribution is -2.51. The molecule has 2 atom stereocenters. The molecular formula is C22H28N2O3. The first-order valence-electron chi connectivity index (χ1n) is 9.11. The summed E-state index contributed by atoms with van der Waals surface area (Å²) < 4.78 is 5.48. The number of hydrogen-bond donors (Lipinski definition) is 2. The molecule has 0 saturated carbocycles. The number of nitrogens with two attached hydrogens (primary N) is 1. The Morgan fingerprint density at radius 1 is 0.926 bits per heavy atom. The topological polar surface area (TPSA) is 81.4 Å². The fourth-order valence-electron chi connectivity index (χ4n) is 2.66. The minimum absolute atomic E-state index is 0.347. The van der Waals surface area contributed by atoms with Crippen molar-refractivity contribution in [3.8, 4) is 0 Å². The monoisotopic (exact) mass is 368 g/mol. The number of carbonyl (C=O) groups excluding carboxylic acids is 2. The summed E-state index contributed by atoms with van der Waals surface area (Å²) in [6.45, 7) is 5.40. The summed E-state index contributed by atoms with van der Waals surface area (Å²) in [5.74, 6) is -0.836. The minimum Gasteiger partial charge on any atom is -0.458 e. The number of ether oxygens (including phenoxy) is 1. The van der Waals surface area contributed by atoms with Crippen molar-refractivity contribution in [1.29, 1.82) is 0 Å². The molecule has 0 fully saturated rings. The van der Waals surface area contributed by atoms with Gasteiger partial charge >= 0.3 is 5.97 Å². The molecular weight excluding hydrogens is 340 g/mol. The van der Waals surface area contributed by atoms with Crippen LogP contribution in [0.4, 0.5) is 0 Å². The van der Waals surface area contributed by atoms with Gasteiger partial charge in [-0.2, -0.15) is 0 Å². The summed E-state index contributed by atoms with van der Waals surface area (Å²) in [6, 6.07) is 17.5. The molecule has 2 aromatic rings. The zero-order valence-electron chi connectivity index (χ0n) is 16.1. The van der Waals surface area contributed by atoms with Crippen LogP contribution in [0.5, 0.6) is 0 Å². The molecule has 0 aliphatic rings. The van der Waals surface area contributed by atoms with Crippen LogP contribution in [0.3, 0.4) is 0 Å². The van der Waals surface area contributed by atoms with E-state index in [-0.39, 0.29) is 5.91 Å². The van der Waals surface area contributed by atoms with E-state index in [4.69, 9.17) is 10.5 Å². The number of esters is 1. The normalized spacial score (nSPS) is 13.5. The molecule has 0 saturated heterocycles. The SMILES string of the molecule is CC(C)(C)OC(=O)[C@H](Cc1ccccc1)NC(=O)[C@@H](N)Cc1ccccc1. The van der Waals surface area contributed by atoms with Gasteiger partial charge in [-0.1, -0.05) is 60.7 Å². The van der Waals surface area contributed by atoms with E-state index < -0.39 is 23.7 Å². The smallest absolute Gasteiger partial charge is 0.329 e. The molecule has 1 amide bonds. The average Bonchev–Trinajstić information content (AvgIpc) is 2.61. The van der Waals surface area contributed by atoms with Gasteiger partial charge in [-0.15, -0.1) is 0 Å². The Hall–Kier alpha value is -2.66. The van der Waals surface area contributed by atoms with Gasteiger partial charge in [0.1, 0.15) is 11.6 Å². The van der Waals surface area contributed by atoms with Crippen molar-refractivity contribution in [2.24, 2.45) is 5.73 Å². The average molecular weight is 368 g/mol. The maximum absolute atomic E-state index is 12.6. The highest BCUT2D eigenvalue weighted by Gasteiger charge is 2.28. The molecule has 0 heterocycles. The fourth-order valence-corrected chi connectivity index (χ4v) is 2.66. The van der Waals surface area contributed by atoms with Gasteiger partial charge in [0.25, 0.3) is 0 Å². The van der Waals surface area contributed by atoms with Gasteiger partial charge in [-0.3, -0.25) is 4.79 Å². The van der Waals surface area contributed by atoms with Crippen LogP contribution in [0, 0.1) is 0 Å². The van der Waals surface area contributed by atoms with E-state index in [0.717, 1.165) is 11.1 Å². The van der Waals surface area contributed by atoms with Gasteiger partial charge in [-0.25, -0.2) is 4.79 Å². The second kappa shape index (κ2) is 9.33. The molecule has 0 spiro atoms. The van der Waals surface area contributed by atoms with Crippen molar-refractivity contribution in [2.75, 3.05) is 0 Å². The fraction of sp³-hybridized carbons (Fsp3) is 0.364. The van der Waals surface area contributed by atoms with E-state index in [1.807, 2.05) is 60.7 Å². The molecule has 2 rings (SSSR count). The number of carbonyl (C=O) groups is 2. The Morgan fingerprint density at radius 3 is 1.89 bits per heavy atom. The first kappa shape index (κ1) is 20.6. The Labute approximate surface area is 160 Å². The van der Waals surface area contributed by atoms with Crippen molar-refractivity contribution < 1.29 is 14.3 Å². The first-order chi connectivity index (χ1) is 12.7. The molecule has 2 aromatic carbocycles. The van der Waals surface area contributed by atoms with E-state index >= 15 is 0 Å². The number of rotatable bonds is 7. The summed E-state index contributed by atoms with van der Waals surface area (Å²) >= 11 is 0. The quantitative estimate of drug-likeness (QED) is 0.736. The van der Waals surface area contributed by atoms with Gasteiger partial charge in [0.05, 0.1) is 6.04 Å². The molecule has 0 aliphatic heterocycles. The second-order valence-electron chi connectivity index (χ2n) is 7.58. The summed E-state index contributed by atoms with van der Waals surface area (Å²) in [6.07, 6.45) is 0.749. The minimum atomic E-state index is -0.791. The molecule has 0 radical (unpaired) electrons. The highest BCUT2D eigenvalue weighted by molar-refractivity contribution is 5.87. The Morgan fingerprint density at radius 2 is 1.41 bits per heavy atom. The van der Waals surface area contributed by atoms with Crippen LogP contribution < -0.4 is 11.1 Å². The number of hydrogen-bond acceptors (Lipinski definition) is 4. The highest BCUT2D eigenvalue weighted by Crippen LogP contribution is 2.12. The van der Waals surface area contributed by atoms with Crippen molar-refractivity contribution in [3.05, 3.63) is 71.8 Å². The van der Waals surface area contributed by atoms with Gasteiger partial charge < -0.3 is 15.8 Å². The standard InChI is InChI=1S/C22H28N2O3/c1-22(2,3)27-21(26)19(15-17-12-8-5-9-13-17)24-20(25)18(23)14-16-10-6-4-7-11-16/h4-13,18-19H,14-15,23H2,1-3H3,(H,24,25)/t18-,19-/m0/s1. The van der Waals surface area contributed by atoms with E-state index in [9.17, 15) is 9.59 Å². The van der Waals surface area contributed by atoms with E-state index in [2.05, 4.69) is 5.32 Å². The molecule has 27 heavy (non-hydrogen) atoms. The second-order valence-corrected chi connectivity index (χ2v) is 7.58. The first-order valence-corrected chi connectivity index (χ1v) is 9.11. The Balaban J connectivity index is 2.07. The van der Waals surface area contributed by atoms with Gasteiger partial charge in [0, 0.05) is 6.42 Å². The molecule has 0 aromatic heterocycles. The van der Waals surface area contributed by atoms with Crippen molar-refractivity contribution in [2.45, 2.75) is 51.3 Å². The maximum Gasteiger partial charge on any atom is 0.329 e. The third kappa shape index (κ3) is 7.23. The van der Waals surface area contributed by atoms with Crippen LogP contribution >= 0.6 is 0 Å². The van der Waals surface area contributed by atoms with E-state index in [1.165, 1.54) is 0 Å².